The standard InChI is InChI=1S/C27H31ClN2O8S3.Li/c1-4-19(14-26-29(9-5-11-40(31,32)33)21-16-20(28)7-8-23(21)38-26)15-27-30(10-6-12-41(34,35)36)22-13-18(2)24(37-3)17-25(22)39-27;/h7-8,13-17H,4-6,9-12H2,1-3H3,(H-,31,32,33,34,35,36);/q;+1/p-1. The minimum Gasteiger partial charge on any atom is -0.748 e. The average molecular weight is 649 g/mol. The Balaban J connectivity index is 0.00000484. The number of hydrogen-bond acceptors (Lipinski definition) is 10. The van der Waals surface area contributed by atoms with Gasteiger partial charge in [-0.3, -0.25) is 0 Å². The minimum atomic E-state index is -4.37. The molecule has 0 saturated heterocycles. The van der Waals surface area contributed by atoms with Crippen LogP contribution in [0.2, 0.25) is 5.02 Å². The molecular formula is C27H30ClLiN2O8S3. The van der Waals surface area contributed by atoms with Gasteiger partial charge in [0.2, 0.25) is 11.4 Å². The van der Waals surface area contributed by atoms with E-state index in [0.29, 0.717) is 35.3 Å². The summed E-state index contributed by atoms with van der Waals surface area (Å²) in [5, 5.41) is 1.32. The van der Waals surface area contributed by atoms with Crippen LogP contribution in [0, 0.1) is 6.92 Å². The molecule has 10 nitrogen and oxygen atoms in total. The van der Waals surface area contributed by atoms with Crippen LogP contribution in [0.25, 0.3) is 16.3 Å². The molecule has 222 valence electrons. The van der Waals surface area contributed by atoms with Crippen LogP contribution in [-0.2, 0) is 26.8 Å². The van der Waals surface area contributed by atoms with Gasteiger partial charge in [0.05, 0.1) is 33.0 Å². The third-order valence-corrected chi connectivity index (χ3v) is 9.42. The van der Waals surface area contributed by atoms with E-state index < -0.39 is 31.7 Å². The molecule has 0 N–H and O–H groups in total. The summed E-state index contributed by atoms with van der Waals surface area (Å²) in [6, 6.07) is 9.05. The Morgan fingerprint density at radius 1 is 1.12 bits per heavy atom. The Hall–Kier alpha value is -2.08. The number of hydrogen-bond donors (Lipinski definition) is 0. The zero-order valence-electron chi connectivity index (χ0n) is 23.8. The van der Waals surface area contributed by atoms with Crippen LogP contribution in [0.4, 0.5) is 5.69 Å². The molecule has 42 heavy (non-hydrogen) atoms. The van der Waals surface area contributed by atoms with E-state index in [1.165, 1.54) is 11.3 Å². The summed E-state index contributed by atoms with van der Waals surface area (Å²) in [6.07, 6.45) is 4.70. The van der Waals surface area contributed by atoms with Crippen molar-refractivity contribution >= 4 is 65.2 Å². The van der Waals surface area contributed by atoms with Crippen LogP contribution in [0.15, 0.2) is 47.9 Å². The summed E-state index contributed by atoms with van der Waals surface area (Å²) in [5.74, 6) is 0.768. The van der Waals surface area contributed by atoms with Crippen molar-refractivity contribution in [3.8, 4) is 11.5 Å². The van der Waals surface area contributed by atoms with Crippen molar-refractivity contribution in [2.24, 2.45) is 0 Å². The predicted molar refractivity (Wildman–Crippen MR) is 157 cm³/mol. The largest absolute Gasteiger partial charge is 1.00 e. The summed E-state index contributed by atoms with van der Waals surface area (Å²) < 4.78 is 81.9. The molecule has 0 atom stereocenters. The average Bonchev–Trinajstić information content (AvgIpc) is 3.38. The van der Waals surface area contributed by atoms with Gasteiger partial charge >= 0.3 is 18.9 Å². The Bertz CT molecular complexity index is 1740. The molecule has 4 rings (SSSR count). The number of methoxy groups -OCH3 is 1. The molecular weight excluding hydrogens is 619 g/mol. The number of nitrogens with zero attached hydrogens (tertiary/aromatic N) is 2. The van der Waals surface area contributed by atoms with Crippen molar-refractivity contribution in [2.75, 3.05) is 30.1 Å². The number of fused-ring (bicyclic) bond motifs is 2. The van der Waals surface area contributed by atoms with Crippen molar-refractivity contribution in [3.05, 3.63) is 63.5 Å². The van der Waals surface area contributed by atoms with Crippen molar-refractivity contribution in [1.29, 1.82) is 0 Å². The maximum atomic E-state index is 11.3. The third kappa shape index (κ3) is 8.73. The van der Waals surface area contributed by atoms with E-state index in [2.05, 4.69) is 0 Å². The minimum absolute atomic E-state index is 0. The number of halogens is 1. The molecule has 1 aromatic heterocycles. The molecule has 0 amide bonds. The fraction of sp³-hybridized carbons (Fsp3) is 0.370. The van der Waals surface area contributed by atoms with E-state index in [4.69, 9.17) is 21.1 Å². The normalized spacial score (nSPS) is 14.7. The van der Waals surface area contributed by atoms with Gasteiger partial charge in [0.15, 0.2) is 12.3 Å². The first-order chi connectivity index (χ1) is 19.3. The molecule has 0 fully saturated rings. The van der Waals surface area contributed by atoms with Crippen LogP contribution < -0.4 is 37.8 Å². The maximum absolute atomic E-state index is 11.3. The zero-order valence-corrected chi connectivity index (χ0v) is 27.0. The molecule has 0 saturated carbocycles. The summed E-state index contributed by atoms with van der Waals surface area (Å²) in [4.78, 5) is 1.79. The first kappa shape index (κ1) is 34.4. The second kappa shape index (κ2) is 14.1. The van der Waals surface area contributed by atoms with Gasteiger partial charge in [0, 0.05) is 53.8 Å². The van der Waals surface area contributed by atoms with Crippen molar-refractivity contribution in [1.82, 2.24) is 0 Å². The van der Waals surface area contributed by atoms with Gasteiger partial charge in [-0.15, -0.1) is 0 Å². The van der Waals surface area contributed by atoms with Crippen molar-refractivity contribution < 1.29 is 58.8 Å². The molecule has 2 aromatic carbocycles. The summed E-state index contributed by atoms with van der Waals surface area (Å²) in [6.45, 7) is 4.45. The first-order valence-corrected chi connectivity index (χ1v) is 17.2. The number of anilines is 1. The second-order valence-electron chi connectivity index (χ2n) is 9.53. The number of thiazole rings is 1. The van der Waals surface area contributed by atoms with Gasteiger partial charge in [0.1, 0.15) is 10.4 Å². The topological polar surface area (TPSA) is 140 Å². The molecule has 1 aliphatic rings. The van der Waals surface area contributed by atoms with Gasteiger partial charge in [-0.25, -0.2) is 16.8 Å². The van der Waals surface area contributed by atoms with Gasteiger partial charge in [-0.05, 0) is 49.1 Å². The third-order valence-electron chi connectivity index (χ3n) is 6.52. The SMILES string of the molecule is CCC(=Cc1sc2cc(OC)c(C)cc2[n+]1CCCS(=O)(=O)[O-])C=C1Oc2ccc(Cl)cc2N1CCCS(=O)(=O)[O-].[Li+]. The molecule has 15 heteroatoms. The summed E-state index contributed by atoms with van der Waals surface area (Å²) >= 11 is 7.72. The molecule has 0 bridgehead atoms. The fourth-order valence-corrected chi connectivity index (χ4v) is 6.87. The van der Waals surface area contributed by atoms with Crippen molar-refractivity contribution in [2.45, 2.75) is 39.7 Å². The number of allylic oxidation sites excluding steroid dienone is 2. The Labute approximate surface area is 267 Å². The van der Waals surface area contributed by atoms with E-state index in [9.17, 15) is 25.9 Å². The monoisotopic (exact) mass is 648 g/mol. The fourth-order valence-electron chi connectivity index (χ4n) is 4.57. The molecule has 0 spiro atoms. The van der Waals surface area contributed by atoms with Crippen LogP contribution in [-0.4, -0.2) is 51.1 Å². The molecule has 1 aliphatic heterocycles. The number of rotatable bonds is 12. The van der Waals surface area contributed by atoms with E-state index in [-0.39, 0.29) is 38.2 Å². The molecule has 0 unspecified atom stereocenters. The zero-order chi connectivity index (χ0) is 29.9. The first-order valence-electron chi connectivity index (χ1n) is 12.8. The number of benzene rings is 2. The maximum Gasteiger partial charge on any atom is 1.00 e. The van der Waals surface area contributed by atoms with E-state index in [0.717, 1.165) is 32.1 Å². The van der Waals surface area contributed by atoms with Crippen LogP contribution >= 0.6 is 22.9 Å². The van der Waals surface area contributed by atoms with Crippen molar-refractivity contribution in [3.63, 3.8) is 0 Å². The predicted octanol–water partition coefficient (Wildman–Crippen LogP) is 1.57. The molecule has 0 radical (unpaired) electrons. The summed E-state index contributed by atoms with van der Waals surface area (Å²) in [5.41, 5.74) is 3.36. The van der Waals surface area contributed by atoms with E-state index in [1.54, 1.807) is 30.2 Å². The van der Waals surface area contributed by atoms with Gasteiger partial charge in [-0.1, -0.05) is 29.9 Å². The number of aromatic nitrogens is 1. The summed E-state index contributed by atoms with van der Waals surface area (Å²) in [7, 11) is -7.12. The van der Waals surface area contributed by atoms with E-state index >= 15 is 0 Å². The quantitative estimate of drug-likeness (QED) is 0.163. The number of ether oxygens (including phenoxy) is 2. The Morgan fingerprint density at radius 2 is 1.81 bits per heavy atom. The number of aryl methyl sites for hydroxylation is 2. The van der Waals surface area contributed by atoms with Gasteiger partial charge in [-0.2, -0.15) is 4.57 Å². The molecule has 0 aliphatic carbocycles. The Kier molecular flexibility index (Phi) is 11.6. The van der Waals surface area contributed by atoms with Crippen LogP contribution in [0.1, 0.15) is 36.8 Å². The van der Waals surface area contributed by atoms with Gasteiger partial charge in [0.25, 0.3) is 5.01 Å². The van der Waals surface area contributed by atoms with Gasteiger partial charge < -0.3 is 23.5 Å². The molecule has 3 aromatic rings. The Morgan fingerprint density at radius 3 is 2.45 bits per heavy atom. The molecule has 2 heterocycles. The van der Waals surface area contributed by atoms with Crippen LogP contribution in [0.5, 0.6) is 11.5 Å². The van der Waals surface area contributed by atoms with Crippen LogP contribution in [0.3, 0.4) is 0 Å². The van der Waals surface area contributed by atoms with E-state index in [1.807, 2.05) is 42.7 Å². The second-order valence-corrected chi connectivity index (χ2v) is 14.1. The smallest absolute Gasteiger partial charge is 0.748 e.